The summed E-state index contributed by atoms with van der Waals surface area (Å²) in [5.41, 5.74) is 5.30. The summed E-state index contributed by atoms with van der Waals surface area (Å²) in [5, 5.41) is 3.65. The maximum absolute atomic E-state index is 11.0. The molecule has 0 unspecified atom stereocenters. The van der Waals surface area contributed by atoms with Crippen LogP contribution in [0.25, 0.3) is 0 Å². The zero-order valence-corrected chi connectivity index (χ0v) is 12.9. The van der Waals surface area contributed by atoms with Crippen LogP contribution in [-0.4, -0.2) is 42.5 Å². The van der Waals surface area contributed by atoms with Crippen LogP contribution in [0.1, 0.15) is 58.3 Å². The number of hydrogen-bond acceptors (Lipinski definition) is 3. The van der Waals surface area contributed by atoms with Crippen molar-refractivity contribution in [2.24, 2.45) is 11.7 Å². The van der Waals surface area contributed by atoms with Crippen molar-refractivity contribution in [2.45, 2.75) is 70.4 Å². The molecule has 0 bridgehead atoms. The number of nitrogens with one attached hydrogen (secondary N) is 1. The molecular formula is C16H31N3O. The highest BCUT2D eigenvalue weighted by Gasteiger charge is 2.29. The van der Waals surface area contributed by atoms with E-state index in [4.69, 9.17) is 5.73 Å². The van der Waals surface area contributed by atoms with Gasteiger partial charge in [0, 0.05) is 18.5 Å². The smallest absolute Gasteiger partial charge is 0.217 e. The first-order chi connectivity index (χ1) is 9.69. The Bertz CT molecular complexity index is 292. The number of nitrogens with two attached hydrogens (primary N) is 1. The predicted molar refractivity (Wildman–Crippen MR) is 82.4 cm³/mol. The Hall–Kier alpha value is -0.610. The van der Waals surface area contributed by atoms with E-state index in [9.17, 15) is 4.79 Å². The van der Waals surface area contributed by atoms with Gasteiger partial charge in [-0.1, -0.05) is 6.92 Å². The molecule has 0 radical (unpaired) electrons. The van der Waals surface area contributed by atoms with Crippen molar-refractivity contribution in [2.75, 3.05) is 19.6 Å². The Balaban J connectivity index is 1.66. The summed E-state index contributed by atoms with van der Waals surface area (Å²) in [4.78, 5) is 13.6. The van der Waals surface area contributed by atoms with E-state index in [1.807, 2.05) is 0 Å². The Labute approximate surface area is 123 Å². The predicted octanol–water partition coefficient (Wildman–Crippen LogP) is 1.88. The second kappa shape index (κ2) is 7.99. The third-order valence-corrected chi connectivity index (χ3v) is 5.04. The van der Waals surface area contributed by atoms with Crippen molar-refractivity contribution < 1.29 is 4.79 Å². The summed E-state index contributed by atoms with van der Waals surface area (Å²) in [6.45, 7) is 5.72. The average Bonchev–Trinajstić information content (AvgIpc) is 2.46. The molecule has 0 aromatic heterocycles. The van der Waals surface area contributed by atoms with Crippen molar-refractivity contribution in [1.82, 2.24) is 10.2 Å². The third kappa shape index (κ3) is 4.74. The summed E-state index contributed by atoms with van der Waals surface area (Å²) < 4.78 is 0. The molecule has 0 atom stereocenters. The monoisotopic (exact) mass is 281 g/mol. The minimum Gasteiger partial charge on any atom is -0.370 e. The Kier molecular flexibility index (Phi) is 6.30. The average molecular weight is 281 g/mol. The van der Waals surface area contributed by atoms with Gasteiger partial charge < -0.3 is 16.0 Å². The second-order valence-electron chi connectivity index (χ2n) is 6.61. The molecule has 1 aliphatic carbocycles. The van der Waals surface area contributed by atoms with Gasteiger partial charge in [-0.15, -0.1) is 0 Å². The van der Waals surface area contributed by atoms with Crippen molar-refractivity contribution >= 4 is 5.91 Å². The van der Waals surface area contributed by atoms with E-state index in [0.29, 0.717) is 12.3 Å². The van der Waals surface area contributed by atoms with Crippen LogP contribution >= 0.6 is 0 Å². The summed E-state index contributed by atoms with van der Waals surface area (Å²) in [5.74, 6) is 0.400. The molecule has 2 fully saturated rings. The van der Waals surface area contributed by atoms with E-state index in [2.05, 4.69) is 17.1 Å². The quantitative estimate of drug-likeness (QED) is 0.781. The molecule has 0 aromatic carbocycles. The minimum atomic E-state index is -0.133. The molecule has 116 valence electrons. The summed E-state index contributed by atoms with van der Waals surface area (Å²) in [6, 6.07) is 1.53. The fourth-order valence-corrected chi connectivity index (χ4v) is 3.80. The van der Waals surface area contributed by atoms with Gasteiger partial charge in [-0.3, -0.25) is 4.79 Å². The van der Waals surface area contributed by atoms with Crippen LogP contribution in [0.4, 0.5) is 0 Å². The highest BCUT2D eigenvalue weighted by atomic mass is 16.1. The first-order valence-corrected chi connectivity index (χ1v) is 8.44. The van der Waals surface area contributed by atoms with E-state index >= 15 is 0 Å². The normalized spacial score (nSPS) is 29.4. The molecule has 1 saturated carbocycles. The van der Waals surface area contributed by atoms with Gasteiger partial charge in [-0.25, -0.2) is 0 Å². The molecule has 0 aromatic rings. The lowest BCUT2D eigenvalue weighted by molar-refractivity contribution is -0.119. The number of amides is 1. The second-order valence-corrected chi connectivity index (χ2v) is 6.61. The molecular weight excluding hydrogens is 250 g/mol. The van der Waals surface area contributed by atoms with Gasteiger partial charge in [-0.05, 0) is 70.5 Å². The SMILES string of the molecule is CCCNC1CCC(N2CCC(CC(N)=O)CC2)CC1. The van der Waals surface area contributed by atoms with Gasteiger partial charge in [0.1, 0.15) is 0 Å². The van der Waals surface area contributed by atoms with Gasteiger partial charge in [0.2, 0.25) is 5.91 Å². The Morgan fingerprint density at radius 3 is 2.35 bits per heavy atom. The fourth-order valence-electron chi connectivity index (χ4n) is 3.80. The molecule has 1 aliphatic heterocycles. The highest BCUT2D eigenvalue weighted by Crippen LogP contribution is 2.28. The van der Waals surface area contributed by atoms with Crippen LogP contribution in [0.2, 0.25) is 0 Å². The first-order valence-electron chi connectivity index (χ1n) is 8.44. The number of carbonyl (C=O) groups is 1. The number of carbonyl (C=O) groups excluding carboxylic acids is 1. The minimum absolute atomic E-state index is 0.133. The van der Waals surface area contributed by atoms with Crippen molar-refractivity contribution in [1.29, 1.82) is 0 Å². The highest BCUT2D eigenvalue weighted by molar-refractivity contribution is 5.73. The van der Waals surface area contributed by atoms with Gasteiger partial charge >= 0.3 is 0 Å². The van der Waals surface area contributed by atoms with E-state index in [1.165, 1.54) is 32.1 Å². The molecule has 2 rings (SSSR count). The number of rotatable bonds is 6. The largest absolute Gasteiger partial charge is 0.370 e. The van der Waals surface area contributed by atoms with Crippen LogP contribution in [-0.2, 0) is 4.79 Å². The van der Waals surface area contributed by atoms with E-state index in [-0.39, 0.29) is 5.91 Å². The van der Waals surface area contributed by atoms with Crippen LogP contribution < -0.4 is 11.1 Å². The fraction of sp³-hybridized carbons (Fsp3) is 0.938. The molecule has 3 N–H and O–H groups in total. The number of likely N-dealkylation sites (tertiary alicyclic amines) is 1. The Morgan fingerprint density at radius 1 is 1.15 bits per heavy atom. The van der Waals surface area contributed by atoms with Crippen LogP contribution in [0.3, 0.4) is 0 Å². The maximum Gasteiger partial charge on any atom is 0.217 e. The summed E-state index contributed by atoms with van der Waals surface area (Å²) >= 11 is 0. The van der Waals surface area contributed by atoms with Gasteiger partial charge in [-0.2, -0.15) is 0 Å². The first kappa shape index (κ1) is 15.8. The molecule has 1 saturated heterocycles. The summed E-state index contributed by atoms with van der Waals surface area (Å²) in [6.07, 6.45) is 9.43. The zero-order valence-electron chi connectivity index (χ0n) is 12.9. The van der Waals surface area contributed by atoms with Crippen molar-refractivity contribution in [3.05, 3.63) is 0 Å². The third-order valence-electron chi connectivity index (χ3n) is 5.04. The zero-order chi connectivity index (χ0) is 14.4. The van der Waals surface area contributed by atoms with Gasteiger partial charge in [0.25, 0.3) is 0 Å². The van der Waals surface area contributed by atoms with E-state index < -0.39 is 0 Å². The number of hydrogen-bond donors (Lipinski definition) is 2. The van der Waals surface area contributed by atoms with E-state index in [1.54, 1.807) is 0 Å². The summed E-state index contributed by atoms with van der Waals surface area (Å²) in [7, 11) is 0. The molecule has 2 aliphatic rings. The molecule has 20 heavy (non-hydrogen) atoms. The Morgan fingerprint density at radius 2 is 1.80 bits per heavy atom. The lowest BCUT2D eigenvalue weighted by atomic mass is 9.87. The topological polar surface area (TPSA) is 58.4 Å². The lowest BCUT2D eigenvalue weighted by Gasteiger charge is -2.41. The lowest BCUT2D eigenvalue weighted by Crippen LogP contribution is -2.46. The molecule has 1 amide bonds. The van der Waals surface area contributed by atoms with Crippen molar-refractivity contribution in [3.63, 3.8) is 0 Å². The molecule has 1 heterocycles. The molecule has 4 nitrogen and oxygen atoms in total. The molecule has 0 spiro atoms. The van der Waals surface area contributed by atoms with Gasteiger partial charge in [0.15, 0.2) is 0 Å². The van der Waals surface area contributed by atoms with Gasteiger partial charge in [0.05, 0.1) is 0 Å². The maximum atomic E-state index is 11.0. The van der Waals surface area contributed by atoms with Crippen LogP contribution in [0, 0.1) is 5.92 Å². The van der Waals surface area contributed by atoms with Crippen molar-refractivity contribution in [3.8, 4) is 0 Å². The van der Waals surface area contributed by atoms with E-state index in [0.717, 1.165) is 44.6 Å². The number of primary amides is 1. The van der Waals surface area contributed by atoms with Crippen LogP contribution in [0.5, 0.6) is 0 Å². The van der Waals surface area contributed by atoms with Crippen LogP contribution in [0.15, 0.2) is 0 Å². The number of nitrogens with zero attached hydrogens (tertiary/aromatic N) is 1. The molecule has 4 heteroatoms. The standard InChI is InChI=1S/C16H31N3O/c1-2-9-18-14-3-5-15(6-4-14)19-10-7-13(8-11-19)12-16(17)20/h13-15,18H,2-12H2,1H3,(H2,17,20). The number of piperidine rings is 1.